The van der Waals surface area contributed by atoms with E-state index in [-0.39, 0.29) is 12.4 Å². The first-order valence-electron chi connectivity index (χ1n) is 8.36. The van der Waals surface area contributed by atoms with Crippen molar-refractivity contribution in [3.8, 4) is 24.7 Å². The van der Waals surface area contributed by atoms with E-state index in [1.54, 1.807) is 13.1 Å². The molecule has 0 aromatic carbocycles. The Labute approximate surface area is 145 Å². The fourth-order valence-corrected chi connectivity index (χ4v) is 2.17. The van der Waals surface area contributed by atoms with Crippen LogP contribution in [0.3, 0.4) is 0 Å². The zero-order valence-corrected chi connectivity index (χ0v) is 14.4. The number of halogens is 1. The molecule has 0 fully saturated rings. The Morgan fingerprint density at radius 2 is 1.58 bits per heavy atom. The molecule has 0 aliphatic rings. The summed E-state index contributed by atoms with van der Waals surface area (Å²) in [5, 5.41) is 0. The highest BCUT2D eigenvalue weighted by atomic mass is 19.1. The van der Waals surface area contributed by atoms with E-state index >= 15 is 0 Å². The molecule has 0 bridgehead atoms. The maximum absolute atomic E-state index is 14.3. The van der Waals surface area contributed by atoms with E-state index in [0.717, 1.165) is 44.1 Å². The van der Waals surface area contributed by atoms with E-state index in [4.69, 9.17) is 22.3 Å². The molecule has 1 heterocycles. The quantitative estimate of drug-likeness (QED) is 0.425. The Morgan fingerprint density at radius 1 is 1.00 bits per heavy atom. The third-order valence-corrected chi connectivity index (χ3v) is 3.61. The van der Waals surface area contributed by atoms with Crippen LogP contribution in [0, 0.1) is 37.4 Å². The zero-order valence-electron chi connectivity index (χ0n) is 14.4. The van der Waals surface area contributed by atoms with Gasteiger partial charge in [-0.15, -0.1) is 24.7 Å². The number of aromatic nitrogens is 1. The Hall–Kier alpha value is -1.88. The molecule has 1 rings (SSSR count). The van der Waals surface area contributed by atoms with Gasteiger partial charge in [0.05, 0.1) is 18.9 Å². The molecule has 4 heteroatoms. The van der Waals surface area contributed by atoms with E-state index in [2.05, 4.69) is 16.8 Å². The summed E-state index contributed by atoms with van der Waals surface area (Å²) in [6.07, 6.45) is 17.2. The van der Waals surface area contributed by atoms with E-state index in [9.17, 15) is 4.39 Å². The topological polar surface area (TPSA) is 31.4 Å². The van der Waals surface area contributed by atoms with Crippen LogP contribution >= 0.6 is 0 Å². The predicted octanol–water partition coefficient (Wildman–Crippen LogP) is 4.17. The molecule has 0 aliphatic heterocycles. The summed E-state index contributed by atoms with van der Waals surface area (Å²) >= 11 is 0. The Balaban J connectivity index is 2.48. The van der Waals surface area contributed by atoms with Crippen molar-refractivity contribution in [3.63, 3.8) is 0 Å². The largest absolute Gasteiger partial charge is 0.377 e. The average molecular weight is 331 g/mol. The number of aryl methyl sites for hydroxylation is 1. The molecule has 0 aliphatic carbocycles. The third-order valence-electron chi connectivity index (χ3n) is 3.61. The van der Waals surface area contributed by atoms with E-state index in [0.29, 0.717) is 31.1 Å². The van der Waals surface area contributed by atoms with Crippen LogP contribution in [-0.2, 0) is 22.7 Å². The summed E-state index contributed by atoms with van der Waals surface area (Å²) in [5.41, 5.74) is 1.64. The normalized spacial score (nSPS) is 10.3. The van der Waals surface area contributed by atoms with Gasteiger partial charge in [-0.25, -0.2) is 4.39 Å². The highest BCUT2D eigenvalue weighted by molar-refractivity contribution is 5.27. The Morgan fingerprint density at radius 3 is 2.17 bits per heavy atom. The van der Waals surface area contributed by atoms with Crippen LogP contribution in [-0.4, -0.2) is 18.2 Å². The van der Waals surface area contributed by atoms with Gasteiger partial charge in [-0.05, 0) is 32.6 Å². The van der Waals surface area contributed by atoms with Crippen molar-refractivity contribution in [1.82, 2.24) is 4.98 Å². The molecule has 0 amide bonds. The fourth-order valence-electron chi connectivity index (χ4n) is 2.17. The van der Waals surface area contributed by atoms with Crippen molar-refractivity contribution in [2.45, 2.75) is 58.7 Å². The molecule has 0 saturated heterocycles. The summed E-state index contributed by atoms with van der Waals surface area (Å²) < 4.78 is 25.5. The van der Waals surface area contributed by atoms with Gasteiger partial charge in [0.2, 0.25) is 0 Å². The van der Waals surface area contributed by atoms with Crippen molar-refractivity contribution in [2.75, 3.05) is 13.2 Å². The van der Waals surface area contributed by atoms with Crippen molar-refractivity contribution in [1.29, 1.82) is 0 Å². The Kier molecular flexibility index (Phi) is 10.5. The number of unbranched alkanes of at least 4 members (excludes halogenated alkanes) is 4. The molecule has 1 aromatic rings. The molecular weight excluding hydrogens is 305 g/mol. The highest BCUT2D eigenvalue weighted by Gasteiger charge is 2.13. The van der Waals surface area contributed by atoms with Crippen LogP contribution in [0.15, 0.2) is 6.20 Å². The van der Waals surface area contributed by atoms with Crippen LogP contribution in [0.5, 0.6) is 0 Å². The second-order valence-corrected chi connectivity index (χ2v) is 5.59. The number of terminal acetylenes is 2. The molecule has 0 N–H and O–H groups in total. The van der Waals surface area contributed by atoms with Gasteiger partial charge in [-0.2, -0.15) is 0 Å². The fraction of sp³-hybridized carbons (Fsp3) is 0.550. The lowest BCUT2D eigenvalue weighted by Crippen LogP contribution is -2.08. The SMILES string of the molecule is C#CCCCCOCc1cnc(C)c(F)c1COCCCCC#C. The number of ether oxygens (including phenoxy) is 2. The number of rotatable bonds is 12. The van der Waals surface area contributed by atoms with Crippen LogP contribution in [0.1, 0.15) is 55.3 Å². The van der Waals surface area contributed by atoms with Crippen molar-refractivity contribution in [3.05, 3.63) is 28.8 Å². The molecule has 24 heavy (non-hydrogen) atoms. The molecule has 0 atom stereocenters. The van der Waals surface area contributed by atoms with Crippen molar-refractivity contribution >= 4 is 0 Å². The summed E-state index contributed by atoms with van der Waals surface area (Å²) in [7, 11) is 0. The van der Waals surface area contributed by atoms with Gasteiger partial charge >= 0.3 is 0 Å². The standard InChI is InChI=1S/C20H26FNO2/c1-4-6-8-10-12-23-15-18-14-22-17(3)20(21)19(18)16-24-13-11-9-7-5-2/h1-2,14H,6-13,15-16H2,3H3. The third kappa shape index (κ3) is 7.59. The van der Waals surface area contributed by atoms with Crippen LogP contribution in [0.2, 0.25) is 0 Å². The first-order valence-corrected chi connectivity index (χ1v) is 8.36. The first kappa shape index (κ1) is 20.2. The lowest BCUT2D eigenvalue weighted by atomic mass is 10.1. The molecule has 1 aromatic heterocycles. The summed E-state index contributed by atoms with van der Waals surface area (Å²) in [5.74, 6) is 4.88. The molecule has 0 radical (unpaired) electrons. The van der Waals surface area contributed by atoms with Crippen molar-refractivity contribution < 1.29 is 13.9 Å². The summed E-state index contributed by atoms with van der Waals surface area (Å²) in [6.45, 7) is 3.37. The van der Waals surface area contributed by atoms with Crippen molar-refractivity contribution in [2.24, 2.45) is 0 Å². The minimum absolute atomic E-state index is 0.223. The van der Waals surface area contributed by atoms with Gasteiger partial charge in [0.1, 0.15) is 5.82 Å². The van der Waals surface area contributed by atoms with Crippen LogP contribution < -0.4 is 0 Å². The maximum atomic E-state index is 14.3. The van der Waals surface area contributed by atoms with Crippen LogP contribution in [0.4, 0.5) is 4.39 Å². The summed E-state index contributed by atoms with van der Waals surface area (Å²) in [4.78, 5) is 4.08. The minimum atomic E-state index is -0.313. The number of hydrogen-bond acceptors (Lipinski definition) is 3. The second-order valence-electron chi connectivity index (χ2n) is 5.59. The van der Waals surface area contributed by atoms with Gasteiger partial charge in [-0.1, -0.05) is 0 Å². The van der Waals surface area contributed by atoms with Gasteiger partial charge in [0, 0.05) is 43.4 Å². The minimum Gasteiger partial charge on any atom is -0.377 e. The molecule has 0 spiro atoms. The average Bonchev–Trinajstić information content (AvgIpc) is 2.59. The van der Waals surface area contributed by atoms with Gasteiger partial charge in [0.15, 0.2) is 0 Å². The molecule has 130 valence electrons. The van der Waals surface area contributed by atoms with E-state index < -0.39 is 0 Å². The molecule has 3 nitrogen and oxygen atoms in total. The van der Waals surface area contributed by atoms with Gasteiger partial charge in [-0.3, -0.25) is 4.98 Å². The molecular formula is C20H26FNO2. The number of pyridine rings is 1. The van der Waals surface area contributed by atoms with E-state index in [1.807, 2.05) is 0 Å². The molecule has 0 unspecified atom stereocenters. The van der Waals surface area contributed by atoms with E-state index in [1.165, 1.54) is 0 Å². The monoisotopic (exact) mass is 331 g/mol. The lowest BCUT2D eigenvalue weighted by molar-refractivity contribution is 0.101. The predicted molar refractivity (Wildman–Crippen MR) is 93.6 cm³/mol. The van der Waals surface area contributed by atoms with Gasteiger partial charge < -0.3 is 9.47 Å². The lowest BCUT2D eigenvalue weighted by Gasteiger charge is -2.13. The zero-order chi connectivity index (χ0) is 17.6. The second kappa shape index (κ2) is 12.5. The first-order chi connectivity index (χ1) is 11.7. The highest BCUT2D eigenvalue weighted by Crippen LogP contribution is 2.18. The number of hydrogen-bond donors (Lipinski definition) is 0. The maximum Gasteiger partial charge on any atom is 0.150 e. The van der Waals surface area contributed by atoms with Gasteiger partial charge in [0.25, 0.3) is 0 Å². The summed E-state index contributed by atoms with van der Waals surface area (Å²) in [6, 6.07) is 0. The Bertz CT molecular complexity index is 572. The smallest absolute Gasteiger partial charge is 0.150 e. The number of nitrogens with zero attached hydrogens (tertiary/aromatic N) is 1. The molecule has 0 saturated carbocycles. The van der Waals surface area contributed by atoms with Crippen LogP contribution in [0.25, 0.3) is 0 Å².